The minimum absolute atomic E-state index is 0.190. The lowest BCUT2D eigenvalue weighted by Crippen LogP contribution is -2.03. The van der Waals surface area contributed by atoms with Gasteiger partial charge in [-0.05, 0) is 86.8 Å². The first-order chi connectivity index (χ1) is 17.1. The van der Waals surface area contributed by atoms with Crippen LogP contribution in [-0.4, -0.2) is 6.26 Å². The Bertz CT molecular complexity index is 1790. The van der Waals surface area contributed by atoms with Crippen molar-refractivity contribution in [2.45, 2.75) is 9.79 Å². The van der Waals surface area contributed by atoms with Crippen molar-refractivity contribution < 1.29 is 0 Å². The van der Waals surface area contributed by atoms with Crippen LogP contribution in [0, 0.1) is 18.3 Å². The summed E-state index contributed by atoms with van der Waals surface area (Å²) in [6.45, 7) is 4.21. The summed E-state index contributed by atoms with van der Waals surface area (Å²) >= 11 is 0. The van der Waals surface area contributed by atoms with Crippen LogP contribution in [0.1, 0.15) is 11.1 Å². The van der Waals surface area contributed by atoms with Gasteiger partial charge in [-0.15, -0.1) is 0 Å². The number of fused-ring (bicyclic) bond motifs is 3. The van der Waals surface area contributed by atoms with Gasteiger partial charge in [-0.2, -0.15) is 5.26 Å². The molecule has 1 atom stereocenters. The first kappa shape index (κ1) is 21.5. The van der Waals surface area contributed by atoms with Crippen LogP contribution in [-0.2, 0) is 10.9 Å². The van der Waals surface area contributed by atoms with Gasteiger partial charge in [0.15, 0.2) is 9.79 Å². The summed E-state index contributed by atoms with van der Waals surface area (Å²) < 4.78 is 0. The predicted octanol–water partition coefficient (Wildman–Crippen LogP) is 8.53. The normalized spacial score (nSPS) is 12.1. The van der Waals surface area contributed by atoms with Crippen LogP contribution in [0.15, 0.2) is 119 Å². The van der Waals surface area contributed by atoms with Crippen LogP contribution in [0.25, 0.3) is 43.4 Å². The number of nitriles is 1. The van der Waals surface area contributed by atoms with E-state index in [9.17, 15) is 5.26 Å². The Hall–Kier alpha value is -4.06. The fourth-order valence-corrected chi connectivity index (χ4v) is 6.47. The van der Waals surface area contributed by atoms with Gasteiger partial charge >= 0.3 is 0 Å². The Morgan fingerprint density at radius 2 is 1.34 bits per heavy atom. The molecule has 6 aromatic rings. The van der Waals surface area contributed by atoms with E-state index in [1.165, 1.54) is 48.3 Å². The molecule has 1 nitrogen and oxygen atoms in total. The zero-order valence-electron chi connectivity index (χ0n) is 19.5. The predicted molar refractivity (Wildman–Crippen MR) is 150 cm³/mol. The van der Waals surface area contributed by atoms with E-state index in [4.69, 9.17) is 0 Å². The summed E-state index contributed by atoms with van der Waals surface area (Å²) in [5.41, 5.74) is 4.09. The van der Waals surface area contributed by atoms with Crippen LogP contribution in [0.3, 0.4) is 0 Å². The lowest BCUT2D eigenvalue weighted by atomic mass is 9.94. The second kappa shape index (κ2) is 8.62. The van der Waals surface area contributed by atoms with Crippen LogP contribution < -0.4 is 0 Å². The quantitative estimate of drug-likeness (QED) is 0.190. The molecule has 35 heavy (non-hydrogen) atoms. The highest BCUT2D eigenvalue weighted by molar-refractivity contribution is 7.96. The topological polar surface area (TPSA) is 23.8 Å². The van der Waals surface area contributed by atoms with Gasteiger partial charge in [0.25, 0.3) is 0 Å². The number of nitrogens with zero attached hydrogens (tertiary/aromatic N) is 1. The maximum absolute atomic E-state index is 9.37. The van der Waals surface area contributed by atoms with E-state index in [-0.39, 0.29) is 10.9 Å². The maximum Gasteiger partial charge on any atom is 0.164 e. The molecule has 0 aliphatic rings. The highest BCUT2D eigenvalue weighted by Crippen LogP contribution is 2.35. The van der Waals surface area contributed by atoms with E-state index < -0.39 is 0 Å². The van der Waals surface area contributed by atoms with Crippen molar-refractivity contribution in [1.82, 2.24) is 0 Å². The van der Waals surface area contributed by atoms with E-state index in [1.54, 1.807) is 0 Å². The Kier molecular flexibility index (Phi) is 5.29. The van der Waals surface area contributed by atoms with Crippen molar-refractivity contribution in [3.63, 3.8) is 0 Å². The van der Waals surface area contributed by atoms with E-state index in [0.29, 0.717) is 5.56 Å². The molecule has 0 saturated heterocycles. The fourth-order valence-electron chi connectivity index (χ4n) is 4.86. The third kappa shape index (κ3) is 3.85. The number of benzene rings is 6. The Morgan fingerprint density at radius 3 is 2.11 bits per heavy atom. The molecule has 6 aromatic carbocycles. The van der Waals surface area contributed by atoms with Gasteiger partial charge in [0, 0.05) is 17.7 Å². The zero-order valence-corrected chi connectivity index (χ0v) is 20.3. The molecule has 0 aliphatic heterocycles. The molecule has 0 heterocycles. The summed E-state index contributed by atoms with van der Waals surface area (Å²) in [4.78, 5) is 2.36. The van der Waals surface area contributed by atoms with Gasteiger partial charge in [-0.3, -0.25) is 0 Å². The molecule has 0 spiro atoms. The number of rotatable bonds is 3. The van der Waals surface area contributed by atoms with Crippen molar-refractivity contribution in [3.05, 3.63) is 127 Å². The minimum atomic E-state index is -0.190. The van der Waals surface area contributed by atoms with Crippen molar-refractivity contribution in [1.29, 1.82) is 5.26 Å². The van der Waals surface area contributed by atoms with E-state index in [0.717, 1.165) is 10.5 Å². The summed E-state index contributed by atoms with van der Waals surface area (Å²) in [6.07, 6.45) is 2.21. The van der Waals surface area contributed by atoms with Crippen LogP contribution >= 0.6 is 0 Å². The van der Waals surface area contributed by atoms with Crippen LogP contribution in [0.2, 0.25) is 0 Å². The molecule has 0 fully saturated rings. The molecule has 2 heteroatoms. The summed E-state index contributed by atoms with van der Waals surface area (Å²) in [5, 5.41) is 16.9. The molecule has 1 radical (unpaired) electrons. The maximum atomic E-state index is 9.37. The molecule has 0 aromatic heterocycles. The fraction of sp³-hybridized carbons (Fsp3) is 0.0303. The van der Waals surface area contributed by atoms with E-state index >= 15 is 0 Å². The highest BCUT2D eigenvalue weighted by Gasteiger charge is 2.23. The van der Waals surface area contributed by atoms with Gasteiger partial charge in [-0.1, -0.05) is 60.7 Å². The standard InChI is InChI=1S/C33H23NS/c1-22-13-14-23(21-34)15-33(22)35(2)30-11-5-9-27(19-30)31-12-6-10-26-18-28-16-24-7-3-4-8-25(24)17-29(28)20-32(26)31/h3-20H,1H2,2H3/q+1. The summed E-state index contributed by atoms with van der Waals surface area (Å²) in [5.74, 6) is 0. The molecule has 0 bridgehead atoms. The van der Waals surface area contributed by atoms with Crippen molar-refractivity contribution >= 4 is 43.2 Å². The van der Waals surface area contributed by atoms with E-state index in [1.807, 2.05) is 18.2 Å². The molecular weight excluding hydrogens is 442 g/mol. The highest BCUT2D eigenvalue weighted by atomic mass is 32.2. The largest absolute Gasteiger partial charge is 0.192 e. The minimum Gasteiger partial charge on any atom is -0.192 e. The molecule has 0 N–H and O–H groups in total. The first-order valence-corrected chi connectivity index (χ1v) is 13.2. The van der Waals surface area contributed by atoms with Gasteiger partial charge in [0.2, 0.25) is 0 Å². The van der Waals surface area contributed by atoms with Gasteiger partial charge in [0.05, 0.1) is 22.5 Å². The summed E-state index contributed by atoms with van der Waals surface area (Å²) in [6, 6.07) is 41.1. The van der Waals surface area contributed by atoms with E-state index in [2.05, 4.69) is 110 Å². The Labute approximate surface area is 208 Å². The average Bonchev–Trinajstić information content (AvgIpc) is 2.90. The molecule has 1 unspecified atom stereocenters. The SMILES string of the molecule is [CH2]c1ccc(C#N)cc1[S+](C)c1cccc(-c2cccc3cc4cc5ccccc5cc4cc23)c1. The zero-order chi connectivity index (χ0) is 23.9. The van der Waals surface area contributed by atoms with Gasteiger partial charge in [0.1, 0.15) is 6.26 Å². The lowest BCUT2D eigenvalue weighted by molar-refractivity contribution is 1.32. The second-order valence-electron chi connectivity index (χ2n) is 8.90. The van der Waals surface area contributed by atoms with Crippen molar-refractivity contribution in [3.8, 4) is 17.2 Å². The third-order valence-corrected chi connectivity index (χ3v) is 8.73. The molecular formula is C33H23NS+. The lowest BCUT2D eigenvalue weighted by Gasteiger charge is -2.11. The monoisotopic (exact) mass is 465 g/mol. The van der Waals surface area contributed by atoms with Crippen molar-refractivity contribution in [2.75, 3.05) is 6.26 Å². The third-order valence-electron chi connectivity index (χ3n) is 6.73. The Balaban J connectivity index is 1.49. The number of hydrogen-bond donors (Lipinski definition) is 0. The van der Waals surface area contributed by atoms with Crippen LogP contribution in [0.4, 0.5) is 0 Å². The van der Waals surface area contributed by atoms with Gasteiger partial charge in [-0.25, -0.2) is 0 Å². The Morgan fingerprint density at radius 1 is 0.657 bits per heavy atom. The molecule has 0 amide bonds. The van der Waals surface area contributed by atoms with Gasteiger partial charge < -0.3 is 0 Å². The molecule has 6 rings (SSSR count). The molecule has 165 valence electrons. The summed E-state index contributed by atoms with van der Waals surface area (Å²) in [7, 11) is -0.190. The van der Waals surface area contributed by atoms with Crippen LogP contribution in [0.5, 0.6) is 0 Å². The second-order valence-corrected chi connectivity index (χ2v) is 10.8. The molecule has 0 saturated carbocycles. The number of hydrogen-bond acceptors (Lipinski definition) is 1. The van der Waals surface area contributed by atoms with Crippen molar-refractivity contribution in [2.24, 2.45) is 0 Å². The smallest absolute Gasteiger partial charge is 0.164 e. The molecule has 0 aliphatic carbocycles. The first-order valence-electron chi connectivity index (χ1n) is 11.6. The average molecular weight is 466 g/mol.